The number of hydrogen-bond donors (Lipinski definition) is 1. The monoisotopic (exact) mass is 541 g/mol. The maximum Gasteiger partial charge on any atom is 0.223 e. The number of thioether (sulfide) groups is 1. The molecule has 7 nitrogen and oxygen atoms in total. The lowest BCUT2D eigenvalue weighted by molar-refractivity contribution is -0.116. The average molecular weight is 542 g/mol. The summed E-state index contributed by atoms with van der Waals surface area (Å²) in [6.45, 7) is 4.09. The molecule has 0 unspecified atom stereocenters. The maximum absolute atomic E-state index is 13.5. The van der Waals surface area contributed by atoms with Crippen molar-refractivity contribution in [1.29, 1.82) is 0 Å². The highest BCUT2D eigenvalue weighted by Gasteiger charge is 2.27. The molecule has 5 aromatic rings. The number of halogens is 1. The minimum Gasteiger partial charge on any atom is -0.360 e. The molecule has 1 atom stereocenters. The van der Waals surface area contributed by atoms with Crippen molar-refractivity contribution < 1.29 is 9.59 Å². The van der Waals surface area contributed by atoms with E-state index in [1.165, 1.54) is 11.8 Å². The summed E-state index contributed by atoms with van der Waals surface area (Å²) in [4.78, 5) is 30.4. The normalized spacial score (nSPS) is 13.6. The maximum atomic E-state index is 13.5. The number of rotatable bonds is 6. The Balaban J connectivity index is 1.35. The third kappa shape index (κ3) is 4.29. The molecule has 2 aromatic heterocycles. The zero-order valence-electron chi connectivity index (χ0n) is 20.8. The van der Waals surface area contributed by atoms with E-state index in [-0.39, 0.29) is 11.7 Å². The molecule has 1 aliphatic rings. The summed E-state index contributed by atoms with van der Waals surface area (Å²) in [5, 5.41) is 10.9. The highest BCUT2D eigenvalue weighted by atomic mass is 35.5. The van der Waals surface area contributed by atoms with Gasteiger partial charge in [0.2, 0.25) is 5.91 Å². The first-order valence-electron chi connectivity index (χ1n) is 12.3. The van der Waals surface area contributed by atoms with Gasteiger partial charge in [-0.15, -0.1) is 10.2 Å². The number of anilines is 1. The number of aromatic nitrogens is 4. The van der Waals surface area contributed by atoms with E-state index in [9.17, 15) is 9.59 Å². The van der Waals surface area contributed by atoms with Crippen molar-refractivity contribution in [1.82, 2.24) is 19.7 Å². The highest BCUT2D eigenvalue weighted by Crippen LogP contribution is 2.35. The molecule has 9 heteroatoms. The number of amides is 1. The molecule has 1 aliphatic heterocycles. The first kappa shape index (κ1) is 24.5. The number of nitrogens with zero attached hydrogens (tertiary/aromatic N) is 4. The van der Waals surface area contributed by atoms with Gasteiger partial charge in [-0.05, 0) is 67.4 Å². The number of fused-ring (bicyclic) bond motifs is 2. The SMILES string of the molecule is CC(=O)N1CCc2cc(C(=O)[C@H](C)Sc3nnc(-c4c[nH]c5ccccc45)n3-c3ccc(Cl)cc3)ccc21. The van der Waals surface area contributed by atoms with Crippen molar-refractivity contribution in [2.75, 3.05) is 11.4 Å². The quantitative estimate of drug-likeness (QED) is 0.200. The molecule has 0 bridgehead atoms. The van der Waals surface area contributed by atoms with Crippen LogP contribution in [0.15, 0.2) is 78.1 Å². The molecule has 190 valence electrons. The molecule has 1 amide bonds. The van der Waals surface area contributed by atoms with Gasteiger partial charge in [0, 0.05) is 58.1 Å². The third-order valence-electron chi connectivity index (χ3n) is 6.84. The van der Waals surface area contributed by atoms with Crippen LogP contribution in [0.5, 0.6) is 0 Å². The van der Waals surface area contributed by atoms with Gasteiger partial charge in [0.15, 0.2) is 16.8 Å². The fourth-order valence-electron chi connectivity index (χ4n) is 4.93. The summed E-state index contributed by atoms with van der Waals surface area (Å²) in [5.74, 6) is 0.687. The number of Topliss-reactive ketones (excluding diaryl/α,β-unsaturated/α-hetero) is 1. The van der Waals surface area contributed by atoms with Crippen LogP contribution in [-0.4, -0.2) is 43.2 Å². The minimum atomic E-state index is -0.413. The van der Waals surface area contributed by atoms with Crippen LogP contribution in [0.4, 0.5) is 5.69 Å². The van der Waals surface area contributed by atoms with Crippen molar-refractivity contribution in [2.45, 2.75) is 30.7 Å². The molecule has 0 radical (unpaired) electrons. The Morgan fingerprint density at radius 2 is 1.84 bits per heavy atom. The number of carbonyl (C=O) groups excluding carboxylic acids is 2. The van der Waals surface area contributed by atoms with E-state index in [0.717, 1.165) is 39.8 Å². The number of nitrogens with one attached hydrogen (secondary N) is 1. The standard InChI is InChI=1S/C29H24ClN5O2S/c1-17(27(37)20-7-12-26-19(15-20)13-14-34(26)18(2)36)38-29-33-32-28(35(29)22-10-8-21(30)9-11-22)24-16-31-25-6-4-3-5-23(24)25/h3-12,15-17,31H,13-14H2,1-2H3/t17-/m0/s1. The molecule has 6 rings (SSSR count). The third-order valence-corrected chi connectivity index (χ3v) is 8.13. The predicted octanol–water partition coefficient (Wildman–Crippen LogP) is 6.34. The van der Waals surface area contributed by atoms with Gasteiger partial charge in [-0.1, -0.05) is 41.6 Å². The van der Waals surface area contributed by atoms with Crippen LogP contribution in [0, 0.1) is 0 Å². The molecule has 0 saturated carbocycles. The van der Waals surface area contributed by atoms with Gasteiger partial charge in [-0.25, -0.2) is 0 Å². The summed E-state index contributed by atoms with van der Waals surface area (Å²) in [6.07, 6.45) is 2.68. The molecular formula is C29H24ClN5O2S. The molecule has 0 aliphatic carbocycles. The Morgan fingerprint density at radius 1 is 1.05 bits per heavy atom. The molecular weight excluding hydrogens is 518 g/mol. The van der Waals surface area contributed by atoms with Gasteiger partial charge in [0.05, 0.1) is 5.25 Å². The summed E-state index contributed by atoms with van der Waals surface area (Å²) >= 11 is 7.54. The van der Waals surface area contributed by atoms with Crippen molar-refractivity contribution in [3.05, 3.63) is 89.1 Å². The predicted molar refractivity (Wildman–Crippen MR) is 151 cm³/mol. The summed E-state index contributed by atoms with van der Waals surface area (Å²) in [5.41, 5.74) is 5.31. The molecule has 0 saturated heterocycles. The van der Waals surface area contributed by atoms with Crippen LogP contribution in [0.25, 0.3) is 28.0 Å². The van der Waals surface area contributed by atoms with E-state index < -0.39 is 5.25 Å². The van der Waals surface area contributed by atoms with Crippen LogP contribution in [0.1, 0.15) is 29.8 Å². The Bertz CT molecular complexity index is 1690. The fraction of sp³-hybridized carbons (Fsp3) is 0.172. The van der Waals surface area contributed by atoms with Crippen molar-refractivity contribution in [3.63, 3.8) is 0 Å². The van der Waals surface area contributed by atoms with Gasteiger partial charge < -0.3 is 9.88 Å². The molecule has 3 heterocycles. The number of hydrogen-bond acceptors (Lipinski definition) is 5. The van der Waals surface area contributed by atoms with E-state index >= 15 is 0 Å². The summed E-state index contributed by atoms with van der Waals surface area (Å²) in [6, 6.07) is 21.1. The van der Waals surface area contributed by atoms with Crippen molar-refractivity contribution in [3.8, 4) is 17.1 Å². The molecule has 0 fully saturated rings. The smallest absolute Gasteiger partial charge is 0.223 e. The van der Waals surface area contributed by atoms with Crippen LogP contribution in [-0.2, 0) is 11.2 Å². The second-order valence-corrected chi connectivity index (χ2v) is 11.0. The van der Waals surface area contributed by atoms with Crippen molar-refractivity contribution >= 4 is 51.6 Å². The molecule has 0 spiro atoms. The lowest BCUT2D eigenvalue weighted by atomic mass is 10.0. The Morgan fingerprint density at radius 3 is 2.63 bits per heavy atom. The van der Waals surface area contributed by atoms with Crippen LogP contribution in [0.3, 0.4) is 0 Å². The van der Waals surface area contributed by atoms with E-state index in [2.05, 4.69) is 15.2 Å². The van der Waals surface area contributed by atoms with Crippen LogP contribution < -0.4 is 4.90 Å². The fourth-order valence-corrected chi connectivity index (χ4v) is 6.00. The minimum absolute atomic E-state index is 0.00150. The molecule has 1 N–H and O–H groups in total. The molecule has 3 aromatic carbocycles. The first-order valence-corrected chi connectivity index (χ1v) is 13.6. The van der Waals surface area contributed by atoms with E-state index in [1.54, 1.807) is 17.9 Å². The summed E-state index contributed by atoms with van der Waals surface area (Å²) in [7, 11) is 0. The van der Waals surface area contributed by atoms with Crippen LogP contribution >= 0.6 is 23.4 Å². The largest absolute Gasteiger partial charge is 0.360 e. The van der Waals surface area contributed by atoms with Gasteiger partial charge in [-0.3, -0.25) is 14.2 Å². The number of carbonyl (C=O) groups is 2. The highest BCUT2D eigenvalue weighted by molar-refractivity contribution is 8.00. The van der Waals surface area contributed by atoms with E-state index in [0.29, 0.717) is 28.1 Å². The second kappa shape index (κ2) is 9.78. The van der Waals surface area contributed by atoms with Gasteiger partial charge in [0.25, 0.3) is 0 Å². The Kier molecular flexibility index (Phi) is 6.29. The second-order valence-electron chi connectivity index (χ2n) is 9.25. The summed E-state index contributed by atoms with van der Waals surface area (Å²) < 4.78 is 1.97. The number of ketones is 1. The number of aromatic amines is 1. The van der Waals surface area contributed by atoms with Gasteiger partial charge in [0.1, 0.15) is 0 Å². The zero-order valence-corrected chi connectivity index (χ0v) is 22.4. The zero-order chi connectivity index (χ0) is 26.4. The van der Waals surface area contributed by atoms with Gasteiger partial charge in [-0.2, -0.15) is 0 Å². The number of para-hydroxylation sites is 1. The van der Waals surface area contributed by atoms with Crippen LogP contribution in [0.2, 0.25) is 5.02 Å². The average Bonchev–Trinajstić information content (AvgIpc) is 3.65. The van der Waals surface area contributed by atoms with E-state index in [1.807, 2.05) is 78.4 Å². The lowest BCUT2D eigenvalue weighted by Gasteiger charge is -2.16. The van der Waals surface area contributed by atoms with E-state index in [4.69, 9.17) is 11.6 Å². The Hall–Kier alpha value is -3.88. The molecule has 38 heavy (non-hydrogen) atoms. The number of H-pyrrole nitrogens is 1. The van der Waals surface area contributed by atoms with Crippen molar-refractivity contribution in [2.24, 2.45) is 0 Å². The topological polar surface area (TPSA) is 83.9 Å². The lowest BCUT2D eigenvalue weighted by Crippen LogP contribution is -2.25. The Labute approximate surface area is 228 Å². The first-order chi connectivity index (χ1) is 18.4. The van der Waals surface area contributed by atoms with Gasteiger partial charge >= 0.3 is 0 Å². The number of benzene rings is 3.